The van der Waals surface area contributed by atoms with Crippen molar-refractivity contribution in [1.82, 2.24) is 5.32 Å². The van der Waals surface area contributed by atoms with Gasteiger partial charge in [0.1, 0.15) is 17.7 Å². The number of carboxylic acids is 1. The largest absolute Gasteiger partial charge is 0.480 e. The fourth-order valence-corrected chi connectivity index (χ4v) is 5.89. The lowest BCUT2D eigenvalue weighted by Gasteiger charge is -2.42. The lowest BCUT2D eigenvalue weighted by molar-refractivity contribution is -0.139. The van der Waals surface area contributed by atoms with E-state index in [0.717, 1.165) is 12.5 Å². The van der Waals surface area contributed by atoms with Gasteiger partial charge in [0.15, 0.2) is 0 Å². The highest BCUT2D eigenvalue weighted by Crippen LogP contribution is 2.51. The zero-order chi connectivity index (χ0) is 24.7. The quantitative estimate of drug-likeness (QED) is 0.421. The van der Waals surface area contributed by atoms with E-state index in [1.165, 1.54) is 30.3 Å². The van der Waals surface area contributed by atoms with Crippen LogP contribution in [0.5, 0.6) is 0 Å². The Balaban J connectivity index is 1.93. The van der Waals surface area contributed by atoms with Gasteiger partial charge in [0, 0.05) is 29.2 Å². The van der Waals surface area contributed by atoms with Crippen LogP contribution in [0.3, 0.4) is 0 Å². The summed E-state index contributed by atoms with van der Waals surface area (Å²) in [7, 11) is 0. The van der Waals surface area contributed by atoms with Crippen molar-refractivity contribution in [3.05, 3.63) is 81.4 Å². The van der Waals surface area contributed by atoms with E-state index in [4.69, 9.17) is 28.9 Å². The Morgan fingerprint density at radius 3 is 2.59 bits per heavy atom. The van der Waals surface area contributed by atoms with Gasteiger partial charge in [-0.2, -0.15) is 0 Å². The van der Waals surface area contributed by atoms with Crippen LogP contribution in [0.1, 0.15) is 42.7 Å². The Labute approximate surface area is 206 Å². The van der Waals surface area contributed by atoms with Crippen LogP contribution in [0.25, 0.3) is 0 Å². The Morgan fingerprint density at radius 2 is 1.97 bits per heavy atom. The summed E-state index contributed by atoms with van der Waals surface area (Å²) in [6.45, 7) is -0.150. The van der Waals surface area contributed by atoms with Gasteiger partial charge in [0.05, 0.1) is 10.6 Å². The first kappa shape index (κ1) is 25.1. The fourth-order valence-electron chi connectivity index (χ4n) is 5.55. The number of nitrogens with two attached hydrogens (primary N) is 1. The van der Waals surface area contributed by atoms with Crippen LogP contribution in [0.15, 0.2) is 48.6 Å². The van der Waals surface area contributed by atoms with Crippen molar-refractivity contribution >= 4 is 29.2 Å². The number of rotatable bonds is 6. The summed E-state index contributed by atoms with van der Waals surface area (Å²) in [6.07, 6.45) is 6.22. The van der Waals surface area contributed by atoms with E-state index < -0.39 is 46.6 Å². The summed E-state index contributed by atoms with van der Waals surface area (Å²) < 4.78 is 30.6. The van der Waals surface area contributed by atoms with Crippen LogP contribution in [0, 0.1) is 17.0 Å². The molecular formula is C25H26Cl2F2N2O3. The zero-order valence-corrected chi connectivity index (χ0v) is 19.8. The minimum Gasteiger partial charge on any atom is -0.480 e. The molecule has 0 bridgehead atoms. The predicted octanol–water partition coefficient (Wildman–Crippen LogP) is 4.74. The number of carboxylic acid groups (broad SMARTS) is 1. The molecule has 1 aliphatic heterocycles. The third-order valence-corrected chi connectivity index (χ3v) is 7.84. The normalized spacial score (nSPS) is 31.1. The lowest BCUT2D eigenvalue weighted by atomic mass is 9.65. The SMILES string of the molecule is N[C@]1(c2ccc(Cl)cc2F)[C@H](CC2(CO)CC=CCC2)N[C@@H](C(=O)O)[C@@H]1c1cccc(Cl)c1F. The topological polar surface area (TPSA) is 95.6 Å². The Bertz CT molecular complexity index is 1130. The van der Waals surface area contributed by atoms with Crippen LogP contribution < -0.4 is 11.1 Å². The van der Waals surface area contributed by atoms with Gasteiger partial charge >= 0.3 is 5.97 Å². The lowest BCUT2D eigenvalue weighted by Crippen LogP contribution is -2.53. The first-order valence-corrected chi connectivity index (χ1v) is 11.8. The number of carbonyl (C=O) groups is 1. The number of aliphatic carboxylic acids is 1. The van der Waals surface area contributed by atoms with E-state index in [9.17, 15) is 15.0 Å². The number of halogens is 4. The highest BCUT2D eigenvalue weighted by Gasteiger charge is 2.59. The van der Waals surface area contributed by atoms with Crippen molar-refractivity contribution in [2.24, 2.45) is 11.1 Å². The predicted molar refractivity (Wildman–Crippen MR) is 127 cm³/mol. The zero-order valence-electron chi connectivity index (χ0n) is 18.3. The maximum atomic E-state index is 15.4. The summed E-state index contributed by atoms with van der Waals surface area (Å²) in [5, 5.41) is 23.4. The molecule has 0 aromatic heterocycles. The Kier molecular flexibility index (Phi) is 7.04. The average molecular weight is 511 g/mol. The van der Waals surface area contributed by atoms with Crippen LogP contribution in [0.4, 0.5) is 8.78 Å². The molecule has 1 unspecified atom stereocenters. The average Bonchev–Trinajstić information content (AvgIpc) is 3.09. The number of allylic oxidation sites excluding steroid dienone is 2. The standard InChI is InChI=1S/C25H26Cl2F2N2O3/c26-14-7-8-16(18(28)11-14)25(30)19(12-24(13-32)9-2-1-3-10-24)31-22(23(33)34)20(25)15-5-4-6-17(27)21(15)29/h1-2,4-8,11,19-20,22,31-32H,3,9-10,12-13,30H2,(H,33,34)/t19-,20-,22+,24?,25+/m0/s1. The van der Waals surface area contributed by atoms with E-state index in [1.807, 2.05) is 12.2 Å². The molecule has 0 radical (unpaired) electrons. The maximum absolute atomic E-state index is 15.4. The highest BCUT2D eigenvalue weighted by molar-refractivity contribution is 6.31. The smallest absolute Gasteiger partial charge is 0.321 e. The highest BCUT2D eigenvalue weighted by atomic mass is 35.5. The maximum Gasteiger partial charge on any atom is 0.321 e. The van der Waals surface area contributed by atoms with Crippen LogP contribution >= 0.6 is 23.2 Å². The summed E-state index contributed by atoms with van der Waals surface area (Å²) in [4.78, 5) is 12.4. The molecule has 4 rings (SSSR count). The first-order valence-electron chi connectivity index (χ1n) is 11.1. The monoisotopic (exact) mass is 510 g/mol. The third-order valence-electron chi connectivity index (χ3n) is 7.32. The summed E-state index contributed by atoms with van der Waals surface area (Å²) in [5.74, 6) is -3.97. The molecule has 0 amide bonds. The van der Waals surface area contributed by atoms with Crippen molar-refractivity contribution in [3.8, 4) is 0 Å². The second-order valence-corrected chi connectivity index (χ2v) is 10.1. The molecule has 2 aromatic rings. The van der Waals surface area contributed by atoms with Crippen LogP contribution in [0.2, 0.25) is 10.0 Å². The van der Waals surface area contributed by atoms with Gasteiger partial charge in [0.2, 0.25) is 0 Å². The van der Waals surface area contributed by atoms with E-state index in [-0.39, 0.29) is 34.2 Å². The van der Waals surface area contributed by atoms with Gasteiger partial charge in [-0.3, -0.25) is 10.1 Å². The second kappa shape index (κ2) is 9.55. The molecule has 5 nitrogen and oxygen atoms in total. The first-order chi connectivity index (χ1) is 16.1. The summed E-state index contributed by atoms with van der Waals surface area (Å²) >= 11 is 12.0. The van der Waals surface area contributed by atoms with Crippen LogP contribution in [-0.2, 0) is 10.3 Å². The number of hydrogen-bond donors (Lipinski definition) is 4. The molecule has 5 N–H and O–H groups in total. The molecule has 1 heterocycles. The third kappa shape index (κ3) is 4.25. The van der Waals surface area contributed by atoms with E-state index >= 15 is 8.78 Å². The Morgan fingerprint density at radius 1 is 1.21 bits per heavy atom. The molecule has 0 spiro atoms. The number of benzene rings is 2. The Hall–Kier alpha value is -2.03. The number of hydrogen-bond acceptors (Lipinski definition) is 4. The van der Waals surface area contributed by atoms with Gasteiger partial charge in [-0.1, -0.05) is 53.6 Å². The van der Waals surface area contributed by atoms with Crippen LogP contribution in [-0.4, -0.2) is 34.9 Å². The molecule has 1 fully saturated rings. The van der Waals surface area contributed by atoms with Crippen molar-refractivity contribution in [2.45, 2.75) is 49.2 Å². The molecule has 0 saturated carbocycles. The van der Waals surface area contributed by atoms with Gasteiger partial charge in [-0.05, 0) is 54.9 Å². The van der Waals surface area contributed by atoms with Gasteiger partial charge in [0.25, 0.3) is 0 Å². The minimum atomic E-state index is -1.69. The van der Waals surface area contributed by atoms with E-state index in [1.54, 1.807) is 0 Å². The molecule has 9 heteroatoms. The van der Waals surface area contributed by atoms with Gasteiger partial charge < -0.3 is 15.9 Å². The number of nitrogens with one attached hydrogen (secondary N) is 1. The summed E-state index contributed by atoms with van der Waals surface area (Å²) in [6, 6.07) is 6.15. The van der Waals surface area contributed by atoms with Crippen molar-refractivity contribution < 1.29 is 23.8 Å². The molecule has 5 atom stereocenters. The molecule has 2 aliphatic rings. The molecule has 2 aromatic carbocycles. The van der Waals surface area contributed by atoms with E-state index in [2.05, 4.69) is 5.32 Å². The molecular weight excluding hydrogens is 485 g/mol. The molecule has 34 heavy (non-hydrogen) atoms. The minimum absolute atomic E-state index is 0.0157. The van der Waals surface area contributed by atoms with E-state index in [0.29, 0.717) is 12.8 Å². The van der Waals surface area contributed by atoms with Crippen molar-refractivity contribution in [2.75, 3.05) is 6.61 Å². The summed E-state index contributed by atoms with van der Waals surface area (Å²) in [5.41, 5.74) is 4.74. The molecule has 182 valence electrons. The number of aliphatic hydroxyl groups is 1. The molecule has 1 aliphatic carbocycles. The van der Waals surface area contributed by atoms with Gasteiger partial charge in [-0.15, -0.1) is 0 Å². The number of aliphatic hydroxyl groups excluding tert-OH is 1. The fraction of sp³-hybridized carbons (Fsp3) is 0.400. The van der Waals surface area contributed by atoms with Crippen molar-refractivity contribution in [1.29, 1.82) is 0 Å². The van der Waals surface area contributed by atoms with Gasteiger partial charge in [-0.25, -0.2) is 8.78 Å². The second-order valence-electron chi connectivity index (χ2n) is 9.29. The molecule has 1 saturated heterocycles. The van der Waals surface area contributed by atoms with Crippen molar-refractivity contribution in [3.63, 3.8) is 0 Å².